The van der Waals surface area contributed by atoms with Crippen LogP contribution in [0.3, 0.4) is 0 Å². The predicted octanol–water partition coefficient (Wildman–Crippen LogP) is 6.25. The molecule has 2 aromatic heterocycles. The van der Waals surface area contributed by atoms with E-state index in [2.05, 4.69) is 14.7 Å². The van der Waals surface area contributed by atoms with Crippen molar-refractivity contribution in [2.45, 2.75) is 13.3 Å². The van der Waals surface area contributed by atoms with Gasteiger partial charge >= 0.3 is 6.36 Å². The maximum atomic E-state index is 13.1. The molecular weight excluding hydrogens is 461 g/mol. The number of benzene rings is 2. The third-order valence-corrected chi connectivity index (χ3v) is 5.04. The molecule has 0 spiro atoms. The third-order valence-electron chi connectivity index (χ3n) is 4.75. The summed E-state index contributed by atoms with van der Waals surface area (Å²) in [5, 5.41) is 0.707. The molecule has 6 nitrogen and oxygen atoms in total. The number of methoxy groups -OCH3 is 1. The van der Waals surface area contributed by atoms with Gasteiger partial charge in [0.25, 0.3) is 0 Å². The quantitative estimate of drug-likeness (QED) is 0.368. The molecule has 0 saturated heterocycles. The Hall–Kier alpha value is -3.72. The van der Waals surface area contributed by atoms with Crippen LogP contribution in [0, 0.1) is 6.92 Å². The van der Waals surface area contributed by atoms with Crippen LogP contribution in [0.2, 0.25) is 5.02 Å². The van der Waals surface area contributed by atoms with E-state index in [4.69, 9.17) is 21.1 Å². The summed E-state index contributed by atoms with van der Waals surface area (Å²) in [6, 6.07) is 11.4. The van der Waals surface area contributed by atoms with Gasteiger partial charge < -0.3 is 19.2 Å². The van der Waals surface area contributed by atoms with E-state index in [0.717, 1.165) is 12.1 Å². The number of alkyl halides is 3. The molecule has 4 rings (SSSR count). The number of rotatable bonds is 5. The summed E-state index contributed by atoms with van der Waals surface area (Å²) in [7, 11) is 1.49. The molecule has 33 heavy (non-hydrogen) atoms. The lowest BCUT2D eigenvalue weighted by Crippen LogP contribution is -2.16. The van der Waals surface area contributed by atoms with E-state index in [1.54, 1.807) is 31.2 Å². The lowest BCUT2D eigenvalue weighted by molar-refractivity contribution is -0.274. The second-order valence-electron chi connectivity index (χ2n) is 6.99. The van der Waals surface area contributed by atoms with Crippen LogP contribution < -0.4 is 19.6 Å². The van der Waals surface area contributed by atoms with Crippen LogP contribution in [-0.4, -0.2) is 23.4 Å². The van der Waals surface area contributed by atoms with E-state index in [0.29, 0.717) is 50.1 Å². The smallest absolute Gasteiger partial charge is 0.495 e. The molecule has 0 aliphatic carbocycles. The Bertz CT molecular complexity index is 1370. The van der Waals surface area contributed by atoms with E-state index in [1.165, 1.54) is 25.4 Å². The average molecular weight is 477 g/mol. The van der Waals surface area contributed by atoms with E-state index in [9.17, 15) is 18.0 Å². The number of nitrogens with zero attached hydrogens (tertiary/aromatic N) is 1. The van der Waals surface area contributed by atoms with Crippen LogP contribution in [-0.2, 0) is 0 Å². The van der Waals surface area contributed by atoms with E-state index < -0.39 is 6.36 Å². The molecule has 0 bridgehead atoms. The number of pyridine rings is 2. The van der Waals surface area contributed by atoms with Crippen molar-refractivity contribution in [2.75, 3.05) is 7.11 Å². The summed E-state index contributed by atoms with van der Waals surface area (Å²) in [6.45, 7) is 1.76. The van der Waals surface area contributed by atoms with Crippen molar-refractivity contribution >= 4 is 22.5 Å². The second-order valence-corrected chi connectivity index (χ2v) is 7.39. The zero-order valence-electron chi connectivity index (χ0n) is 17.3. The highest BCUT2D eigenvalue weighted by molar-refractivity contribution is 6.32. The molecule has 0 radical (unpaired) electrons. The Morgan fingerprint density at radius 2 is 1.67 bits per heavy atom. The normalized spacial score (nSPS) is 11.5. The number of hydrogen-bond donors (Lipinski definition) is 1. The molecule has 2 heterocycles. The van der Waals surface area contributed by atoms with E-state index >= 15 is 0 Å². The highest BCUT2D eigenvalue weighted by Crippen LogP contribution is 2.31. The number of aromatic amines is 1. The van der Waals surface area contributed by atoms with Crippen LogP contribution in [0.15, 0.2) is 59.5 Å². The topological polar surface area (TPSA) is 73.4 Å². The minimum atomic E-state index is -4.77. The van der Waals surface area contributed by atoms with E-state index in [-0.39, 0.29) is 11.2 Å². The highest BCUT2D eigenvalue weighted by Gasteiger charge is 2.31. The SMILES string of the molecule is COc1cc2[nH]c(C)c(-c3ccc(Oc4ccc(OC(F)(F)F)cc4)cn3)c(=O)c2cc1Cl. The first-order chi connectivity index (χ1) is 15.6. The summed E-state index contributed by atoms with van der Waals surface area (Å²) in [5.41, 5.74) is 1.75. The van der Waals surface area contributed by atoms with E-state index in [1.807, 2.05) is 0 Å². The van der Waals surface area contributed by atoms with Gasteiger partial charge in [0.15, 0.2) is 5.43 Å². The van der Waals surface area contributed by atoms with Gasteiger partial charge in [0, 0.05) is 17.1 Å². The van der Waals surface area contributed by atoms with Gasteiger partial charge in [-0.3, -0.25) is 9.78 Å². The molecule has 0 aliphatic rings. The fourth-order valence-electron chi connectivity index (χ4n) is 3.31. The van der Waals surface area contributed by atoms with Crippen molar-refractivity contribution in [3.63, 3.8) is 0 Å². The lowest BCUT2D eigenvalue weighted by Gasteiger charge is -2.11. The molecule has 4 aromatic rings. The summed E-state index contributed by atoms with van der Waals surface area (Å²) >= 11 is 6.18. The number of H-pyrrole nitrogens is 1. The Labute approximate surface area is 190 Å². The van der Waals surface area contributed by atoms with Gasteiger partial charge in [0.1, 0.15) is 23.0 Å². The van der Waals surface area contributed by atoms with Crippen LogP contribution in [0.4, 0.5) is 13.2 Å². The molecule has 10 heteroatoms. The number of halogens is 4. The van der Waals surface area contributed by atoms with Gasteiger partial charge in [0.05, 0.1) is 35.1 Å². The van der Waals surface area contributed by atoms with Gasteiger partial charge in [0.2, 0.25) is 0 Å². The minimum Gasteiger partial charge on any atom is -0.495 e. The largest absolute Gasteiger partial charge is 0.573 e. The van der Waals surface area contributed by atoms with Crippen LogP contribution in [0.5, 0.6) is 23.0 Å². The van der Waals surface area contributed by atoms with Gasteiger partial charge in [-0.2, -0.15) is 0 Å². The maximum absolute atomic E-state index is 13.1. The number of aryl methyl sites for hydroxylation is 1. The van der Waals surface area contributed by atoms with Crippen molar-refractivity contribution in [2.24, 2.45) is 0 Å². The Balaban J connectivity index is 1.60. The van der Waals surface area contributed by atoms with Crippen LogP contribution in [0.1, 0.15) is 5.69 Å². The number of hydrogen-bond acceptors (Lipinski definition) is 5. The molecule has 0 unspecified atom stereocenters. The van der Waals surface area contributed by atoms with Gasteiger partial charge in [-0.05, 0) is 49.4 Å². The first kappa shape index (κ1) is 22.5. The third kappa shape index (κ3) is 4.88. The molecule has 170 valence electrons. The standard InChI is InChI=1S/C23H16ClF3N2O4/c1-12-21(22(30)16-9-17(24)20(31-2)10-19(16)29-12)18-8-7-15(11-28-18)32-13-3-5-14(6-4-13)33-23(25,26)27/h3-11H,1-2H3,(H,29,30). The number of fused-ring (bicyclic) bond motifs is 1. The number of nitrogens with one attached hydrogen (secondary N) is 1. The Morgan fingerprint density at radius 1 is 1.00 bits per heavy atom. The summed E-state index contributed by atoms with van der Waals surface area (Å²) in [5.74, 6) is 0.727. The fraction of sp³-hybridized carbons (Fsp3) is 0.130. The molecule has 1 N–H and O–H groups in total. The van der Waals surface area contributed by atoms with Crippen molar-refractivity contribution in [3.05, 3.63) is 75.7 Å². The molecule has 0 fully saturated rings. The summed E-state index contributed by atoms with van der Waals surface area (Å²) in [6.07, 6.45) is -3.35. The molecule has 2 aromatic carbocycles. The van der Waals surface area contributed by atoms with Crippen molar-refractivity contribution in [1.82, 2.24) is 9.97 Å². The van der Waals surface area contributed by atoms with Crippen molar-refractivity contribution in [1.29, 1.82) is 0 Å². The summed E-state index contributed by atoms with van der Waals surface area (Å²) in [4.78, 5) is 20.6. The molecule has 0 saturated carbocycles. The van der Waals surface area contributed by atoms with Gasteiger partial charge in [-0.1, -0.05) is 11.6 Å². The Kier molecular flexibility index (Phi) is 5.90. The number of ether oxygens (including phenoxy) is 3. The fourth-order valence-corrected chi connectivity index (χ4v) is 3.55. The maximum Gasteiger partial charge on any atom is 0.573 e. The molecular formula is C23H16ClF3N2O4. The van der Waals surface area contributed by atoms with Gasteiger partial charge in [-0.25, -0.2) is 0 Å². The predicted molar refractivity (Wildman–Crippen MR) is 117 cm³/mol. The number of aromatic nitrogens is 2. The lowest BCUT2D eigenvalue weighted by atomic mass is 10.1. The molecule has 0 atom stereocenters. The van der Waals surface area contributed by atoms with Crippen molar-refractivity contribution in [3.8, 4) is 34.3 Å². The minimum absolute atomic E-state index is 0.243. The average Bonchev–Trinajstić information content (AvgIpc) is 2.75. The first-order valence-corrected chi connectivity index (χ1v) is 9.92. The van der Waals surface area contributed by atoms with Crippen molar-refractivity contribution < 1.29 is 27.4 Å². The zero-order valence-corrected chi connectivity index (χ0v) is 18.0. The Morgan fingerprint density at radius 3 is 2.27 bits per heavy atom. The molecule has 0 aliphatic heterocycles. The molecule has 0 amide bonds. The van der Waals surface area contributed by atoms with Crippen LogP contribution >= 0.6 is 11.6 Å². The highest BCUT2D eigenvalue weighted by atomic mass is 35.5. The van der Waals surface area contributed by atoms with Gasteiger partial charge in [-0.15, -0.1) is 13.2 Å². The zero-order chi connectivity index (χ0) is 23.8. The monoisotopic (exact) mass is 476 g/mol. The van der Waals surface area contributed by atoms with Crippen LogP contribution in [0.25, 0.3) is 22.2 Å². The first-order valence-electron chi connectivity index (χ1n) is 9.55. The summed E-state index contributed by atoms with van der Waals surface area (Å²) < 4.78 is 51.4. The second kappa shape index (κ2) is 8.67.